The van der Waals surface area contributed by atoms with Crippen LogP contribution in [0.25, 0.3) is 0 Å². The molecule has 0 saturated heterocycles. The monoisotopic (exact) mass is 187 g/mol. The van der Waals surface area contributed by atoms with Gasteiger partial charge in [0, 0.05) is 11.6 Å². The number of hydrogen-bond donors (Lipinski definition) is 1. The maximum Gasteiger partial charge on any atom is 0.278 e. The number of rotatable bonds is 2. The Labute approximate surface area is 72.4 Å². The van der Waals surface area contributed by atoms with Gasteiger partial charge in [0.1, 0.15) is 0 Å². The minimum Gasteiger partial charge on any atom is -0.321 e. The van der Waals surface area contributed by atoms with E-state index in [2.05, 4.69) is 0 Å². The first kappa shape index (κ1) is 9.57. The number of carbonyl (C=O) groups is 1. The van der Waals surface area contributed by atoms with Crippen molar-refractivity contribution in [3.8, 4) is 0 Å². The van der Waals surface area contributed by atoms with Crippen LogP contribution in [0.3, 0.4) is 0 Å². The maximum absolute atomic E-state index is 12.2. The van der Waals surface area contributed by atoms with Gasteiger partial charge >= 0.3 is 0 Å². The molecule has 0 bridgehead atoms. The van der Waals surface area contributed by atoms with E-state index in [-0.39, 0.29) is 11.1 Å². The van der Waals surface area contributed by atoms with Crippen LogP contribution in [0.4, 0.5) is 8.78 Å². The molecule has 0 aliphatic rings. The van der Waals surface area contributed by atoms with Crippen molar-refractivity contribution in [3.05, 3.63) is 33.2 Å². The molecule has 0 fully saturated rings. The number of H-pyrrole nitrogens is 1. The summed E-state index contributed by atoms with van der Waals surface area (Å²) in [5, 5.41) is 0. The topological polar surface area (TPSA) is 49.9 Å². The predicted octanol–water partition coefficient (Wildman–Crippen LogP) is 1.43. The molecule has 0 atom stereocenters. The van der Waals surface area contributed by atoms with E-state index in [0.717, 1.165) is 6.07 Å². The van der Waals surface area contributed by atoms with Crippen LogP contribution in [0.2, 0.25) is 0 Å². The summed E-state index contributed by atoms with van der Waals surface area (Å²) in [6.07, 6.45) is -2.39. The minimum atomic E-state index is -2.77. The van der Waals surface area contributed by atoms with Crippen molar-refractivity contribution in [3.63, 3.8) is 0 Å². The normalized spacial score (nSPS) is 10.5. The third-order valence-electron chi connectivity index (χ3n) is 1.73. The fourth-order valence-electron chi connectivity index (χ4n) is 1.01. The quantitative estimate of drug-likeness (QED) is 0.712. The van der Waals surface area contributed by atoms with Crippen molar-refractivity contribution < 1.29 is 13.6 Å². The molecule has 0 unspecified atom stereocenters. The average molecular weight is 187 g/mol. The van der Waals surface area contributed by atoms with Crippen LogP contribution in [0.5, 0.6) is 0 Å². The minimum absolute atomic E-state index is 0.000880. The van der Waals surface area contributed by atoms with Gasteiger partial charge in [-0.25, -0.2) is 8.78 Å². The van der Waals surface area contributed by atoms with Crippen LogP contribution < -0.4 is 5.56 Å². The molecule has 70 valence electrons. The van der Waals surface area contributed by atoms with Gasteiger partial charge in [0.15, 0.2) is 6.29 Å². The number of pyridine rings is 1. The van der Waals surface area contributed by atoms with Gasteiger partial charge in [-0.1, -0.05) is 0 Å². The zero-order valence-corrected chi connectivity index (χ0v) is 6.80. The highest BCUT2D eigenvalue weighted by Gasteiger charge is 2.14. The number of alkyl halides is 2. The van der Waals surface area contributed by atoms with Gasteiger partial charge in [-0.05, 0) is 12.5 Å². The van der Waals surface area contributed by atoms with Crippen LogP contribution in [0.1, 0.15) is 28.0 Å². The zero-order chi connectivity index (χ0) is 10.0. The van der Waals surface area contributed by atoms with E-state index >= 15 is 0 Å². The summed E-state index contributed by atoms with van der Waals surface area (Å²) in [5.74, 6) is 0. The van der Waals surface area contributed by atoms with E-state index in [4.69, 9.17) is 0 Å². The first-order valence-electron chi connectivity index (χ1n) is 3.53. The second-order valence-electron chi connectivity index (χ2n) is 2.55. The Morgan fingerprint density at radius 3 is 2.62 bits per heavy atom. The molecule has 1 rings (SSSR count). The SMILES string of the molecule is Cc1c(C=O)cc(=O)[nH]c1C(F)F. The standard InChI is InChI=1S/C8H7F2NO2/c1-4-5(3-12)2-6(13)11-7(4)8(9)10/h2-3,8H,1H3,(H,11,13). The van der Waals surface area contributed by atoms with Crippen molar-refractivity contribution in [1.29, 1.82) is 0 Å². The van der Waals surface area contributed by atoms with Gasteiger partial charge < -0.3 is 4.98 Å². The second kappa shape index (κ2) is 3.47. The molecule has 0 aliphatic carbocycles. The highest BCUT2D eigenvalue weighted by molar-refractivity contribution is 5.77. The summed E-state index contributed by atoms with van der Waals surface area (Å²) in [6.45, 7) is 1.36. The summed E-state index contributed by atoms with van der Waals surface area (Å²) in [7, 11) is 0. The number of halogens is 2. The number of aromatic amines is 1. The van der Waals surface area contributed by atoms with E-state index in [9.17, 15) is 18.4 Å². The highest BCUT2D eigenvalue weighted by atomic mass is 19.3. The fourth-order valence-corrected chi connectivity index (χ4v) is 1.01. The van der Waals surface area contributed by atoms with Crippen molar-refractivity contribution in [2.24, 2.45) is 0 Å². The molecule has 0 spiro atoms. The molecular weight excluding hydrogens is 180 g/mol. The smallest absolute Gasteiger partial charge is 0.278 e. The van der Waals surface area contributed by atoms with Gasteiger partial charge in [0.2, 0.25) is 5.56 Å². The molecule has 0 saturated carbocycles. The molecule has 0 aliphatic heterocycles. The van der Waals surface area contributed by atoms with Gasteiger partial charge in [-0.15, -0.1) is 0 Å². The lowest BCUT2D eigenvalue weighted by Crippen LogP contribution is -2.12. The molecular formula is C8H7F2NO2. The van der Waals surface area contributed by atoms with E-state index in [0.29, 0.717) is 6.29 Å². The molecule has 0 aromatic carbocycles. The van der Waals surface area contributed by atoms with Gasteiger partial charge in [-0.3, -0.25) is 9.59 Å². The number of carbonyl (C=O) groups excluding carboxylic acids is 1. The molecule has 1 aromatic heterocycles. The molecule has 0 radical (unpaired) electrons. The number of hydrogen-bond acceptors (Lipinski definition) is 2. The zero-order valence-electron chi connectivity index (χ0n) is 6.80. The Hall–Kier alpha value is -1.52. The Morgan fingerprint density at radius 2 is 2.15 bits per heavy atom. The third kappa shape index (κ3) is 1.80. The Morgan fingerprint density at radius 1 is 1.54 bits per heavy atom. The van der Waals surface area contributed by atoms with E-state index in [1.165, 1.54) is 6.92 Å². The molecule has 3 nitrogen and oxygen atoms in total. The summed E-state index contributed by atoms with van der Waals surface area (Å²) < 4.78 is 24.5. The largest absolute Gasteiger partial charge is 0.321 e. The van der Waals surface area contributed by atoms with Crippen molar-refractivity contribution in [1.82, 2.24) is 4.98 Å². The van der Waals surface area contributed by atoms with Crippen LogP contribution >= 0.6 is 0 Å². The molecule has 1 aromatic rings. The lowest BCUT2D eigenvalue weighted by Gasteiger charge is -2.05. The van der Waals surface area contributed by atoms with Gasteiger partial charge in [0.25, 0.3) is 6.43 Å². The lowest BCUT2D eigenvalue weighted by atomic mass is 10.1. The van der Waals surface area contributed by atoms with Crippen LogP contribution in [0, 0.1) is 6.92 Å². The second-order valence-corrected chi connectivity index (χ2v) is 2.55. The summed E-state index contributed by atoms with van der Waals surface area (Å²) in [5.41, 5.74) is -1.07. The van der Waals surface area contributed by atoms with Gasteiger partial charge in [0.05, 0.1) is 5.69 Å². The van der Waals surface area contributed by atoms with E-state index < -0.39 is 17.7 Å². The third-order valence-corrected chi connectivity index (χ3v) is 1.73. The average Bonchev–Trinajstić information content (AvgIpc) is 2.08. The molecule has 1 N–H and O–H groups in total. The Kier molecular flexibility index (Phi) is 2.55. The van der Waals surface area contributed by atoms with Crippen LogP contribution in [0.15, 0.2) is 10.9 Å². The number of aromatic nitrogens is 1. The number of aldehydes is 1. The Bertz CT molecular complexity index is 384. The first-order chi connectivity index (χ1) is 6.06. The van der Waals surface area contributed by atoms with Crippen LogP contribution in [-0.4, -0.2) is 11.3 Å². The van der Waals surface area contributed by atoms with E-state index in [1.807, 2.05) is 4.98 Å². The summed E-state index contributed by atoms with van der Waals surface area (Å²) in [4.78, 5) is 23.1. The molecule has 13 heavy (non-hydrogen) atoms. The Balaban J connectivity index is 3.44. The van der Waals surface area contributed by atoms with E-state index in [1.54, 1.807) is 0 Å². The molecule has 1 heterocycles. The first-order valence-corrected chi connectivity index (χ1v) is 3.53. The van der Waals surface area contributed by atoms with Crippen molar-refractivity contribution >= 4 is 6.29 Å². The lowest BCUT2D eigenvalue weighted by molar-refractivity contribution is 0.112. The summed E-state index contributed by atoms with van der Waals surface area (Å²) >= 11 is 0. The fraction of sp³-hybridized carbons (Fsp3) is 0.250. The molecule has 0 amide bonds. The number of nitrogens with one attached hydrogen (secondary N) is 1. The molecule has 5 heteroatoms. The highest BCUT2D eigenvalue weighted by Crippen LogP contribution is 2.19. The predicted molar refractivity (Wildman–Crippen MR) is 42.1 cm³/mol. The maximum atomic E-state index is 12.2. The van der Waals surface area contributed by atoms with Gasteiger partial charge in [-0.2, -0.15) is 0 Å². The summed E-state index contributed by atoms with van der Waals surface area (Å²) in [6, 6.07) is 0.994. The van der Waals surface area contributed by atoms with Crippen molar-refractivity contribution in [2.75, 3.05) is 0 Å². The van der Waals surface area contributed by atoms with Crippen molar-refractivity contribution in [2.45, 2.75) is 13.3 Å². The van der Waals surface area contributed by atoms with Crippen LogP contribution in [-0.2, 0) is 0 Å².